The number of benzene rings is 3. The number of piperazine rings is 1. The van der Waals surface area contributed by atoms with Crippen LogP contribution in [0, 0.1) is 0 Å². The highest BCUT2D eigenvalue weighted by molar-refractivity contribution is 5.91. The van der Waals surface area contributed by atoms with Gasteiger partial charge in [0.1, 0.15) is 0 Å². The Bertz CT molecular complexity index is 1470. The van der Waals surface area contributed by atoms with E-state index in [0.29, 0.717) is 12.6 Å². The van der Waals surface area contributed by atoms with Gasteiger partial charge in [-0.3, -0.25) is 4.79 Å². The number of nitrogens with one attached hydrogen (secondary N) is 1. The van der Waals surface area contributed by atoms with Crippen LogP contribution < -0.4 is 5.32 Å². The van der Waals surface area contributed by atoms with Gasteiger partial charge in [-0.05, 0) is 78.9 Å². The molecule has 0 aromatic heterocycles. The number of hydrogen-bond acceptors (Lipinski definition) is 5. The van der Waals surface area contributed by atoms with Crippen LogP contribution in [0.15, 0.2) is 84.9 Å². The zero-order chi connectivity index (χ0) is 34.4. The molecule has 48 heavy (non-hydrogen) atoms. The first-order chi connectivity index (χ1) is 23.1. The summed E-state index contributed by atoms with van der Waals surface area (Å²) in [5.74, 6) is -2.69. The number of amides is 1. The van der Waals surface area contributed by atoms with Gasteiger partial charge in [0.05, 0.1) is 0 Å². The van der Waals surface area contributed by atoms with Gasteiger partial charge in [-0.1, -0.05) is 79.6 Å². The number of carboxylic acids is 1. The maximum atomic E-state index is 13.4. The average Bonchev–Trinajstić information content (AvgIpc) is 3.61. The molecule has 258 valence electrons. The van der Waals surface area contributed by atoms with Crippen molar-refractivity contribution in [2.24, 2.45) is 0 Å². The van der Waals surface area contributed by atoms with Crippen molar-refractivity contribution < 1.29 is 27.9 Å². The minimum Gasteiger partial charge on any atom is -0.475 e. The van der Waals surface area contributed by atoms with Crippen molar-refractivity contribution in [2.45, 2.75) is 57.4 Å². The van der Waals surface area contributed by atoms with Crippen LogP contribution in [-0.4, -0.2) is 90.2 Å². The number of hydrogen-bond donors (Lipinski definition) is 2. The Kier molecular flexibility index (Phi) is 14.2. The molecule has 0 unspecified atom stereocenters. The first-order valence-electron chi connectivity index (χ1n) is 16.7. The minimum absolute atomic E-state index is 0.0672. The van der Waals surface area contributed by atoms with E-state index in [1.54, 1.807) is 6.08 Å². The van der Waals surface area contributed by atoms with Gasteiger partial charge >= 0.3 is 12.1 Å². The van der Waals surface area contributed by atoms with Crippen LogP contribution in [-0.2, 0) is 22.7 Å². The Hall–Kier alpha value is -3.99. The van der Waals surface area contributed by atoms with Gasteiger partial charge in [-0.25, -0.2) is 4.79 Å². The lowest BCUT2D eigenvalue weighted by atomic mass is 10.0. The second-order valence-corrected chi connectivity index (χ2v) is 12.6. The topological polar surface area (TPSA) is 76.1 Å². The Labute approximate surface area is 282 Å². The second-order valence-electron chi connectivity index (χ2n) is 12.6. The summed E-state index contributed by atoms with van der Waals surface area (Å²) in [4.78, 5) is 29.3. The van der Waals surface area contributed by atoms with Crippen LogP contribution in [0.3, 0.4) is 0 Å². The van der Waals surface area contributed by atoms with E-state index >= 15 is 0 Å². The SMILES string of the molecule is CN1CCN(CCCN(Cc2cccc(-c3cccc(CNC4CCCC4)c3)c2)C(=O)/C=C/c2ccccc2)CC1.O=C(O)C(F)(F)F. The molecule has 3 aromatic carbocycles. The normalized spacial score (nSPS) is 16.1. The molecule has 10 heteroatoms. The van der Waals surface area contributed by atoms with Crippen molar-refractivity contribution >= 4 is 18.0 Å². The number of aliphatic carboxylic acids is 1. The third kappa shape index (κ3) is 12.6. The van der Waals surface area contributed by atoms with Gasteiger partial charge < -0.3 is 25.1 Å². The van der Waals surface area contributed by atoms with E-state index in [4.69, 9.17) is 9.90 Å². The highest BCUT2D eigenvalue weighted by atomic mass is 19.4. The number of halogens is 3. The molecule has 1 saturated heterocycles. The van der Waals surface area contributed by atoms with E-state index in [1.165, 1.54) is 42.4 Å². The maximum Gasteiger partial charge on any atom is 0.490 e. The second kappa shape index (κ2) is 18.5. The number of likely N-dealkylation sites (N-methyl/N-ethyl adjacent to an activating group) is 1. The number of alkyl halides is 3. The predicted molar refractivity (Wildman–Crippen MR) is 184 cm³/mol. The van der Waals surface area contributed by atoms with Gasteiger partial charge in [0, 0.05) is 57.9 Å². The van der Waals surface area contributed by atoms with E-state index in [1.807, 2.05) is 41.3 Å². The van der Waals surface area contributed by atoms with Gasteiger partial charge in [0.2, 0.25) is 5.91 Å². The molecule has 0 spiro atoms. The molecule has 1 amide bonds. The summed E-state index contributed by atoms with van der Waals surface area (Å²) in [6.45, 7) is 7.75. The van der Waals surface area contributed by atoms with Crippen molar-refractivity contribution in [1.82, 2.24) is 20.0 Å². The summed E-state index contributed by atoms with van der Waals surface area (Å²) in [6.07, 6.45) is 4.85. The minimum atomic E-state index is -5.08. The summed E-state index contributed by atoms with van der Waals surface area (Å²) in [5, 5.41) is 10.9. The first-order valence-corrected chi connectivity index (χ1v) is 16.7. The number of rotatable bonds is 12. The molecule has 1 aliphatic carbocycles. The van der Waals surface area contributed by atoms with Crippen molar-refractivity contribution in [2.75, 3.05) is 46.3 Å². The quantitative estimate of drug-likeness (QED) is 0.210. The zero-order valence-electron chi connectivity index (χ0n) is 27.7. The Morgan fingerprint density at radius 3 is 2.12 bits per heavy atom. The molecule has 1 heterocycles. The molecule has 7 nitrogen and oxygen atoms in total. The summed E-state index contributed by atoms with van der Waals surface area (Å²) in [7, 11) is 2.19. The Morgan fingerprint density at radius 1 is 0.896 bits per heavy atom. The summed E-state index contributed by atoms with van der Waals surface area (Å²) >= 11 is 0. The molecular weight excluding hydrogens is 617 g/mol. The molecule has 5 rings (SSSR count). The fourth-order valence-electron chi connectivity index (χ4n) is 5.98. The molecule has 0 radical (unpaired) electrons. The Morgan fingerprint density at radius 2 is 1.50 bits per heavy atom. The fourth-order valence-corrected chi connectivity index (χ4v) is 5.98. The van der Waals surface area contributed by atoms with E-state index in [9.17, 15) is 18.0 Å². The molecule has 3 aromatic rings. The summed E-state index contributed by atoms with van der Waals surface area (Å²) < 4.78 is 31.7. The van der Waals surface area contributed by atoms with Crippen LogP contribution in [0.25, 0.3) is 17.2 Å². The zero-order valence-corrected chi connectivity index (χ0v) is 27.7. The van der Waals surface area contributed by atoms with Gasteiger partial charge in [0.25, 0.3) is 0 Å². The van der Waals surface area contributed by atoms with Gasteiger partial charge in [-0.15, -0.1) is 0 Å². The Balaban J connectivity index is 0.000000671. The molecular formula is C38H47F3N4O3. The number of carbonyl (C=O) groups is 2. The fraction of sp³-hybridized carbons (Fsp3) is 0.421. The van der Waals surface area contributed by atoms with Crippen molar-refractivity contribution in [3.8, 4) is 11.1 Å². The van der Waals surface area contributed by atoms with Crippen LogP contribution in [0.4, 0.5) is 13.2 Å². The van der Waals surface area contributed by atoms with Gasteiger partial charge in [0.15, 0.2) is 0 Å². The van der Waals surface area contributed by atoms with Crippen LogP contribution in [0.2, 0.25) is 0 Å². The molecule has 2 N–H and O–H groups in total. The molecule has 0 atom stereocenters. The number of carboxylic acid groups (broad SMARTS) is 1. The van der Waals surface area contributed by atoms with E-state index < -0.39 is 12.1 Å². The van der Waals surface area contributed by atoms with E-state index in [2.05, 4.69) is 70.7 Å². The van der Waals surface area contributed by atoms with Gasteiger partial charge in [-0.2, -0.15) is 13.2 Å². The van der Waals surface area contributed by atoms with Crippen LogP contribution >= 0.6 is 0 Å². The molecule has 1 saturated carbocycles. The lowest BCUT2D eigenvalue weighted by molar-refractivity contribution is -0.192. The largest absolute Gasteiger partial charge is 0.490 e. The molecule has 2 fully saturated rings. The van der Waals surface area contributed by atoms with Crippen LogP contribution in [0.5, 0.6) is 0 Å². The molecule has 0 bridgehead atoms. The molecule has 2 aliphatic rings. The monoisotopic (exact) mass is 664 g/mol. The smallest absolute Gasteiger partial charge is 0.475 e. The third-order valence-corrected chi connectivity index (χ3v) is 8.78. The highest BCUT2D eigenvalue weighted by Gasteiger charge is 2.38. The predicted octanol–water partition coefficient (Wildman–Crippen LogP) is 6.70. The number of carbonyl (C=O) groups excluding carboxylic acids is 1. The average molecular weight is 665 g/mol. The summed E-state index contributed by atoms with van der Waals surface area (Å²) in [5.41, 5.74) is 5.97. The first kappa shape index (κ1) is 36.8. The van der Waals surface area contributed by atoms with E-state index in [-0.39, 0.29) is 5.91 Å². The van der Waals surface area contributed by atoms with Crippen molar-refractivity contribution in [3.63, 3.8) is 0 Å². The van der Waals surface area contributed by atoms with Crippen molar-refractivity contribution in [1.29, 1.82) is 0 Å². The third-order valence-electron chi connectivity index (χ3n) is 8.78. The van der Waals surface area contributed by atoms with E-state index in [0.717, 1.165) is 63.4 Å². The highest BCUT2D eigenvalue weighted by Crippen LogP contribution is 2.24. The standard InChI is InChI=1S/C36H46N4O.C2HF3O2/c1-38-22-24-39(25-23-38)20-9-21-40(36(41)19-18-30-10-3-2-4-11-30)29-32-13-8-15-34(27-32)33-14-7-12-31(26-33)28-37-35-16-5-6-17-35;3-2(4,5)1(6)7/h2-4,7-8,10-15,18-19,26-27,35,37H,5-6,9,16-17,20-25,28-29H2,1H3;(H,6,7)/b19-18+;. The summed E-state index contributed by atoms with van der Waals surface area (Å²) in [6, 6.07) is 28.3. The lowest BCUT2D eigenvalue weighted by Crippen LogP contribution is -2.45. The maximum absolute atomic E-state index is 13.4. The number of nitrogens with zero attached hydrogens (tertiary/aromatic N) is 3. The molecule has 1 aliphatic heterocycles. The van der Waals surface area contributed by atoms with Crippen LogP contribution in [0.1, 0.15) is 48.8 Å². The van der Waals surface area contributed by atoms with Crippen molar-refractivity contribution in [3.05, 3.63) is 102 Å². The lowest BCUT2D eigenvalue weighted by Gasteiger charge is -2.33.